The van der Waals surface area contributed by atoms with Crippen LogP contribution in [-0.2, 0) is 4.79 Å². The molecule has 0 fully saturated rings. The lowest BCUT2D eigenvalue weighted by molar-refractivity contribution is -0.123. The Bertz CT molecular complexity index is 747. The van der Waals surface area contributed by atoms with Gasteiger partial charge in [0.2, 0.25) is 5.91 Å². The fourth-order valence-electron chi connectivity index (χ4n) is 2.52. The van der Waals surface area contributed by atoms with Crippen LogP contribution in [0.5, 0.6) is 0 Å². The summed E-state index contributed by atoms with van der Waals surface area (Å²) in [7, 11) is 0. The second-order valence-corrected chi connectivity index (χ2v) is 4.75. The van der Waals surface area contributed by atoms with Gasteiger partial charge in [-0.2, -0.15) is 0 Å². The molecule has 0 saturated heterocycles. The zero-order valence-electron chi connectivity index (χ0n) is 11.7. The van der Waals surface area contributed by atoms with Crippen molar-refractivity contribution < 1.29 is 4.79 Å². The number of nitrogens with zero attached hydrogens (tertiary/aromatic N) is 3. The maximum Gasteiger partial charge on any atom is 0.249 e. The first-order valence-electron chi connectivity index (χ1n) is 6.92. The number of carbonyl (C=O) groups excluding carboxylic acids is 1. The maximum absolute atomic E-state index is 12.5. The number of rotatable bonds is 4. The number of amides is 1. The smallest absolute Gasteiger partial charge is 0.249 e. The number of likely N-dealkylation sites (N-methyl/N-ethyl adjacent to an activating group) is 1. The standard InChI is InChI=1S/C16H16N4O/c1-2-17-16(21)15(20-11-10-18-19-20)14-9-5-7-12-6-3-4-8-13(12)14/h3-11,15H,2H2,1H3,(H,17,21). The van der Waals surface area contributed by atoms with E-state index in [4.69, 9.17) is 0 Å². The topological polar surface area (TPSA) is 59.8 Å². The molecule has 1 aromatic heterocycles. The van der Waals surface area contributed by atoms with Gasteiger partial charge in [-0.3, -0.25) is 4.79 Å². The van der Waals surface area contributed by atoms with Crippen LogP contribution >= 0.6 is 0 Å². The van der Waals surface area contributed by atoms with Gasteiger partial charge in [0.1, 0.15) is 0 Å². The Balaban J connectivity index is 2.17. The van der Waals surface area contributed by atoms with Crippen molar-refractivity contribution in [1.82, 2.24) is 20.3 Å². The van der Waals surface area contributed by atoms with Gasteiger partial charge in [0, 0.05) is 12.7 Å². The van der Waals surface area contributed by atoms with Crippen molar-refractivity contribution in [2.75, 3.05) is 6.54 Å². The van der Waals surface area contributed by atoms with Crippen molar-refractivity contribution >= 4 is 16.7 Å². The quantitative estimate of drug-likeness (QED) is 0.796. The molecule has 2 aromatic carbocycles. The predicted octanol–water partition coefficient (Wildman–Crippen LogP) is 2.16. The van der Waals surface area contributed by atoms with E-state index < -0.39 is 6.04 Å². The molecule has 1 heterocycles. The highest BCUT2D eigenvalue weighted by Crippen LogP contribution is 2.26. The third kappa shape index (κ3) is 2.50. The molecule has 0 aliphatic heterocycles. The minimum Gasteiger partial charge on any atom is -0.354 e. The van der Waals surface area contributed by atoms with E-state index in [0.29, 0.717) is 6.54 Å². The zero-order valence-corrected chi connectivity index (χ0v) is 11.7. The molecular weight excluding hydrogens is 264 g/mol. The molecule has 5 nitrogen and oxygen atoms in total. The number of aromatic nitrogens is 3. The number of carbonyl (C=O) groups is 1. The van der Waals surface area contributed by atoms with E-state index in [9.17, 15) is 4.79 Å². The summed E-state index contributed by atoms with van der Waals surface area (Å²) in [5.74, 6) is -0.0839. The summed E-state index contributed by atoms with van der Waals surface area (Å²) in [6.07, 6.45) is 3.29. The van der Waals surface area contributed by atoms with Gasteiger partial charge in [-0.05, 0) is 23.3 Å². The van der Waals surface area contributed by atoms with Gasteiger partial charge >= 0.3 is 0 Å². The molecule has 0 radical (unpaired) electrons. The normalized spacial score (nSPS) is 12.2. The second-order valence-electron chi connectivity index (χ2n) is 4.75. The Hall–Kier alpha value is -2.69. The third-order valence-corrected chi connectivity index (χ3v) is 3.42. The number of fused-ring (bicyclic) bond motifs is 1. The average Bonchev–Trinajstić information content (AvgIpc) is 3.02. The maximum atomic E-state index is 12.5. The summed E-state index contributed by atoms with van der Waals surface area (Å²) in [4.78, 5) is 12.5. The van der Waals surface area contributed by atoms with Crippen LogP contribution in [0, 0.1) is 0 Å². The lowest BCUT2D eigenvalue weighted by Gasteiger charge is -2.18. The zero-order chi connectivity index (χ0) is 14.7. The van der Waals surface area contributed by atoms with E-state index >= 15 is 0 Å². The number of benzene rings is 2. The van der Waals surface area contributed by atoms with Crippen LogP contribution in [0.4, 0.5) is 0 Å². The van der Waals surface area contributed by atoms with Crippen LogP contribution in [-0.4, -0.2) is 27.4 Å². The Morgan fingerprint density at radius 3 is 2.81 bits per heavy atom. The minimum atomic E-state index is -0.515. The summed E-state index contributed by atoms with van der Waals surface area (Å²) in [6.45, 7) is 2.48. The molecule has 1 N–H and O–H groups in total. The molecule has 0 bridgehead atoms. The third-order valence-electron chi connectivity index (χ3n) is 3.42. The molecule has 3 rings (SSSR count). The van der Waals surface area contributed by atoms with Crippen molar-refractivity contribution in [2.24, 2.45) is 0 Å². The average molecular weight is 280 g/mol. The molecule has 1 amide bonds. The fourth-order valence-corrected chi connectivity index (χ4v) is 2.52. The second kappa shape index (κ2) is 5.75. The summed E-state index contributed by atoms with van der Waals surface area (Å²) >= 11 is 0. The van der Waals surface area contributed by atoms with Crippen LogP contribution in [0.25, 0.3) is 10.8 Å². The fraction of sp³-hybridized carbons (Fsp3) is 0.188. The Morgan fingerprint density at radius 1 is 1.24 bits per heavy atom. The van der Waals surface area contributed by atoms with Crippen molar-refractivity contribution in [3.8, 4) is 0 Å². The molecule has 21 heavy (non-hydrogen) atoms. The first-order valence-corrected chi connectivity index (χ1v) is 6.92. The number of nitrogens with one attached hydrogen (secondary N) is 1. The SMILES string of the molecule is CCNC(=O)C(c1cccc2ccccc12)n1ccnn1. The first-order chi connectivity index (χ1) is 10.3. The highest BCUT2D eigenvalue weighted by molar-refractivity contribution is 5.92. The molecule has 5 heteroatoms. The molecular formula is C16H16N4O. The lowest BCUT2D eigenvalue weighted by atomic mass is 9.98. The van der Waals surface area contributed by atoms with Crippen LogP contribution in [0.2, 0.25) is 0 Å². The Kier molecular flexibility index (Phi) is 3.64. The minimum absolute atomic E-state index is 0.0839. The molecule has 0 aliphatic rings. The molecule has 0 spiro atoms. The Morgan fingerprint density at radius 2 is 2.05 bits per heavy atom. The van der Waals surface area contributed by atoms with Gasteiger partial charge in [0.15, 0.2) is 6.04 Å². The summed E-state index contributed by atoms with van der Waals surface area (Å²) in [5.41, 5.74) is 0.921. The molecule has 1 unspecified atom stereocenters. The monoisotopic (exact) mass is 280 g/mol. The highest BCUT2D eigenvalue weighted by atomic mass is 16.2. The van der Waals surface area contributed by atoms with Gasteiger partial charge in [-0.15, -0.1) is 5.10 Å². The lowest BCUT2D eigenvalue weighted by Crippen LogP contribution is -2.33. The van der Waals surface area contributed by atoms with E-state index in [1.165, 1.54) is 0 Å². The van der Waals surface area contributed by atoms with E-state index in [1.807, 2.05) is 49.4 Å². The Labute approximate surface area is 122 Å². The van der Waals surface area contributed by atoms with Crippen LogP contribution in [0.15, 0.2) is 54.9 Å². The van der Waals surface area contributed by atoms with Gasteiger partial charge in [0.05, 0.1) is 6.20 Å². The molecule has 0 aliphatic carbocycles. The van der Waals surface area contributed by atoms with Crippen molar-refractivity contribution in [2.45, 2.75) is 13.0 Å². The van der Waals surface area contributed by atoms with Gasteiger partial charge in [-0.1, -0.05) is 47.7 Å². The summed E-state index contributed by atoms with van der Waals surface area (Å²) in [6, 6.07) is 13.5. The highest BCUT2D eigenvalue weighted by Gasteiger charge is 2.24. The van der Waals surface area contributed by atoms with E-state index in [2.05, 4.69) is 15.6 Å². The van der Waals surface area contributed by atoms with Gasteiger partial charge in [-0.25, -0.2) is 4.68 Å². The molecule has 3 aromatic rings. The van der Waals surface area contributed by atoms with Crippen molar-refractivity contribution in [3.05, 3.63) is 60.4 Å². The van der Waals surface area contributed by atoms with E-state index in [0.717, 1.165) is 16.3 Å². The van der Waals surface area contributed by atoms with Crippen molar-refractivity contribution in [1.29, 1.82) is 0 Å². The van der Waals surface area contributed by atoms with E-state index in [1.54, 1.807) is 17.1 Å². The predicted molar refractivity (Wildman–Crippen MR) is 80.8 cm³/mol. The van der Waals surface area contributed by atoms with Gasteiger partial charge < -0.3 is 5.32 Å². The molecule has 0 saturated carbocycles. The first kappa shape index (κ1) is 13.3. The van der Waals surface area contributed by atoms with Crippen LogP contribution < -0.4 is 5.32 Å². The van der Waals surface area contributed by atoms with Crippen LogP contribution in [0.1, 0.15) is 18.5 Å². The summed E-state index contributed by atoms with van der Waals surface area (Å²) < 4.78 is 1.59. The van der Waals surface area contributed by atoms with E-state index in [-0.39, 0.29) is 5.91 Å². The van der Waals surface area contributed by atoms with Crippen molar-refractivity contribution in [3.63, 3.8) is 0 Å². The van der Waals surface area contributed by atoms with Gasteiger partial charge in [0.25, 0.3) is 0 Å². The summed E-state index contributed by atoms with van der Waals surface area (Å²) in [5, 5.41) is 12.9. The molecule has 106 valence electrons. The molecule has 1 atom stereocenters. The number of hydrogen-bond donors (Lipinski definition) is 1. The number of hydrogen-bond acceptors (Lipinski definition) is 3. The largest absolute Gasteiger partial charge is 0.354 e. The van der Waals surface area contributed by atoms with Crippen LogP contribution in [0.3, 0.4) is 0 Å².